The Hall–Kier alpha value is -2.02. The molecule has 1 aromatic heterocycles. The van der Waals surface area contributed by atoms with E-state index < -0.39 is 17.9 Å². The smallest absolute Gasteiger partial charge is 0.295 e. The molecule has 0 radical (unpaired) electrons. The number of halogens is 3. The number of carbonyl (C=O) groups is 2. The summed E-state index contributed by atoms with van der Waals surface area (Å²) in [6.45, 7) is 3.77. The maximum atomic E-state index is 13.7. The Morgan fingerprint density at radius 3 is 2.58 bits per heavy atom. The molecule has 9 heteroatoms. The number of rotatable bonds is 2. The monoisotopic (exact) mass is 480 g/mol. The van der Waals surface area contributed by atoms with Crippen LogP contribution in [0, 0.1) is 18.8 Å². The van der Waals surface area contributed by atoms with E-state index >= 15 is 0 Å². The highest BCUT2D eigenvalue weighted by molar-refractivity contribution is 6.42. The third-order valence-corrected chi connectivity index (χ3v) is 7.68. The van der Waals surface area contributed by atoms with Crippen molar-refractivity contribution in [1.29, 1.82) is 0 Å². The van der Waals surface area contributed by atoms with Gasteiger partial charge < -0.3 is 9.26 Å². The first kappa shape index (κ1) is 20.9. The second-order valence-corrected chi connectivity index (χ2v) is 9.76. The third-order valence-electron chi connectivity index (χ3n) is 6.33. The molecule has 2 aromatic rings. The first-order chi connectivity index (χ1) is 14.8. The Bertz CT molecular complexity index is 1130. The molecule has 5 unspecified atom stereocenters. The van der Waals surface area contributed by atoms with E-state index in [2.05, 4.69) is 5.16 Å². The number of aromatic nitrogens is 1. The zero-order valence-corrected chi connectivity index (χ0v) is 19.0. The average Bonchev–Trinajstić information content (AvgIpc) is 3.27. The van der Waals surface area contributed by atoms with Crippen molar-refractivity contribution in [1.82, 2.24) is 5.16 Å². The molecule has 0 N–H and O–H groups in total. The van der Waals surface area contributed by atoms with Gasteiger partial charge in [0, 0.05) is 11.4 Å². The van der Waals surface area contributed by atoms with Crippen molar-refractivity contribution in [3.8, 4) is 0 Å². The van der Waals surface area contributed by atoms with Crippen LogP contribution in [0.1, 0.15) is 37.1 Å². The number of ether oxygens (including phenoxy) is 1. The van der Waals surface area contributed by atoms with Crippen LogP contribution in [0.3, 0.4) is 0 Å². The highest BCUT2D eigenvalue weighted by Crippen LogP contribution is 2.49. The van der Waals surface area contributed by atoms with Gasteiger partial charge in [-0.05, 0) is 43.4 Å². The molecule has 3 aliphatic rings. The lowest BCUT2D eigenvalue weighted by Crippen LogP contribution is -2.44. The molecule has 5 rings (SSSR count). The number of carbonyl (C=O) groups excluding carboxylic acids is 2. The number of benzene rings is 1. The number of ketones is 1. The summed E-state index contributed by atoms with van der Waals surface area (Å²) in [7, 11) is 0. The highest BCUT2D eigenvalue weighted by atomic mass is 35.5. The van der Waals surface area contributed by atoms with Crippen molar-refractivity contribution >= 4 is 52.3 Å². The summed E-state index contributed by atoms with van der Waals surface area (Å²) in [4.78, 5) is 28.6. The fourth-order valence-corrected chi connectivity index (χ4v) is 5.32. The van der Waals surface area contributed by atoms with Crippen LogP contribution < -0.4 is 4.90 Å². The minimum Gasteiger partial charge on any atom is -0.483 e. The van der Waals surface area contributed by atoms with Gasteiger partial charge >= 0.3 is 0 Å². The lowest BCUT2D eigenvalue weighted by molar-refractivity contribution is -0.132. The number of fused-ring (bicyclic) bond motifs is 1. The minimum atomic E-state index is -0.747. The van der Waals surface area contributed by atoms with Crippen molar-refractivity contribution in [3.63, 3.8) is 0 Å². The number of alkyl halides is 1. The highest BCUT2D eigenvalue weighted by Gasteiger charge is 2.54. The van der Waals surface area contributed by atoms with Crippen LogP contribution in [0.4, 0.5) is 5.82 Å². The molecule has 31 heavy (non-hydrogen) atoms. The number of aryl methyl sites for hydroxylation is 1. The van der Waals surface area contributed by atoms with Gasteiger partial charge in [-0.15, -0.1) is 11.6 Å². The molecule has 0 bridgehead atoms. The molecule has 1 amide bonds. The number of anilines is 1. The van der Waals surface area contributed by atoms with Gasteiger partial charge in [0.2, 0.25) is 0 Å². The SMILES string of the molecule is Cc1cc(N2C(=O)C3=C(C(=O)C4CC(Cl)C(C)CC4O3)C2c2ccc(Cl)c(Cl)c2)no1. The zero-order chi connectivity index (χ0) is 22.0. The second kappa shape index (κ2) is 7.54. The van der Waals surface area contributed by atoms with Gasteiger partial charge in [-0.1, -0.05) is 41.3 Å². The van der Waals surface area contributed by atoms with Crippen LogP contribution in [-0.4, -0.2) is 28.3 Å². The van der Waals surface area contributed by atoms with Crippen LogP contribution >= 0.6 is 34.8 Å². The predicted octanol–water partition coefficient (Wildman–Crippen LogP) is 5.25. The lowest BCUT2D eigenvalue weighted by atomic mass is 9.74. The molecule has 1 aliphatic carbocycles. The minimum absolute atomic E-state index is 0.0724. The van der Waals surface area contributed by atoms with E-state index in [0.717, 1.165) is 0 Å². The first-order valence-corrected chi connectivity index (χ1v) is 11.3. The Labute approximate surface area is 194 Å². The summed E-state index contributed by atoms with van der Waals surface area (Å²) < 4.78 is 11.4. The summed E-state index contributed by atoms with van der Waals surface area (Å²) in [6.07, 6.45) is 0.761. The molecular formula is C22H19Cl3N2O4. The van der Waals surface area contributed by atoms with Crippen LogP contribution in [0.25, 0.3) is 0 Å². The number of nitrogens with zero attached hydrogens (tertiary/aromatic N) is 2. The van der Waals surface area contributed by atoms with Crippen molar-refractivity contribution in [2.24, 2.45) is 11.8 Å². The summed E-state index contributed by atoms with van der Waals surface area (Å²) in [5.74, 6) is 0.172. The maximum Gasteiger partial charge on any atom is 0.295 e. The van der Waals surface area contributed by atoms with E-state index in [1.165, 1.54) is 4.90 Å². The Balaban J connectivity index is 1.65. The van der Waals surface area contributed by atoms with Gasteiger partial charge in [-0.3, -0.25) is 14.5 Å². The maximum absolute atomic E-state index is 13.7. The van der Waals surface area contributed by atoms with Gasteiger partial charge in [0.15, 0.2) is 17.4 Å². The molecule has 0 spiro atoms. The molecule has 1 aromatic carbocycles. The largest absolute Gasteiger partial charge is 0.483 e. The third kappa shape index (κ3) is 3.27. The zero-order valence-electron chi connectivity index (χ0n) is 16.8. The Kier molecular flexibility index (Phi) is 5.07. The summed E-state index contributed by atoms with van der Waals surface area (Å²) in [6, 6.07) is 5.94. The molecule has 6 nitrogen and oxygen atoms in total. The van der Waals surface area contributed by atoms with E-state index in [-0.39, 0.29) is 28.9 Å². The van der Waals surface area contributed by atoms with Crippen LogP contribution in [0.5, 0.6) is 0 Å². The quantitative estimate of drug-likeness (QED) is 0.548. The van der Waals surface area contributed by atoms with E-state index in [4.69, 9.17) is 44.1 Å². The summed E-state index contributed by atoms with van der Waals surface area (Å²) >= 11 is 18.9. The molecule has 3 heterocycles. The molecule has 2 aliphatic heterocycles. The van der Waals surface area contributed by atoms with Gasteiger partial charge in [0.25, 0.3) is 5.91 Å². The molecular weight excluding hydrogens is 463 g/mol. The Morgan fingerprint density at radius 2 is 1.90 bits per heavy atom. The van der Waals surface area contributed by atoms with E-state index in [9.17, 15) is 9.59 Å². The normalized spacial score (nSPS) is 30.4. The van der Waals surface area contributed by atoms with Crippen molar-refractivity contribution in [2.45, 2.75) is 44.2 Å². The number of hydrogen-bond acceptors (Lipinski definition) is 5. The lowest BCUT2D eigenvalue weighted by Gasteiger charge is -2.39. The van der Waals surface area contributed by atoms with Crippen molar-refractivity contribution in [3.05, 3.63) is 57.0 Å². The first-order valence-electron chi connectivity index (χ1n) is 10.1. The van der Waals surface area contributed by atoms with Crippen molar-refractivity contribution in [2.75, 3.05) is 4.90 Å². The van der Waals surface area contributed by atoms with Crippen LogP contribution in [0.15, 0.2) is 40.1 Å². The van der Waals surface area contributed by atoms with Crippen LogP contribution in [-0.2, 0) is 14.3 Å². The molecule has 5 atom stereocenters. The van der Waals surface area contributed by atoms with E-state index in [1.807, 2.05) is 6.92 Å². The van der Waals surface area contributed by atoms with Crippen LogP contribution in [0.2, 0.25) is 10.0 Å². The van der Waals surface area contributed by atoms with E-state index in [0.29, 0.717) is 45.6 Å². The molecule has 0 saturated heterocycles. The molecule has 1 saturated carbocycles. The average molecular weight is 482 g/mol. The number of hydrogen-bond donors (Lipinski definition) is 0. The standard InChI is InChI=1S/C22H19Cl3N2O4/c1-9-5-16-12(8-14(9)24)20(28)18-19(11-3-4-13(23)15(25)7-11)27(22(29)21(18)30-16)17-6-10(2)31-26-17/h3-4,6-7,9,12,14,16,19H,5,8H2,1-2H3. The summed E-state index contributed by atoms with van der Waals surface area (Å²) in [5, 5.41) is 4.60. The summed E-state index contributed by atoms with van der Waals surface area (Å²) in [5.41, 5.74) is 0.944. The Morgan fingerprint density at radius 1 is 1.13 bits per heavy atom. The fraction of sp³-hybridized carbons (Fsp3) is 0.409. The van der Waals surface area contributed by atoms with Gasteiger partial charge in [-0.2, -0.15) is 0 Å². The van der Waals surface area contributed by atoms with Gasteiger partial charge in [-0.25, -0.2) is 0 Å². The van der Waals surface area contributed by atoms with Gasteiger partial charge in [0.05, 0.1) is 27.6 Å². The predicted molar refractivity (Wildman–Crippen MR) is 116 cm³/mol. The topological polar surface area (TPSA) is 72.6 Å². The second-order valence-electron chi connectivity index (χ2n) is 8.38. The fourth-order valence-electron chi connectivity index (χ4n) is 4.72. The molecule has 1 fully saturated rings. The van der Waals surface area contributed by atoms with Crippen molar-refractivity contribution < 1.29 is 18.8 Å². The van der Waals surface area contributed by atoms with E-state index in [1.54, 1.807) is 31.2 Å². The number of amides is 1. The van der Waals surface area contributed by atoms with Gasteiger partial charge in [0.1, 0.15) is 11.9 Å². The molecule has 162 valence electrons. The number of Topliss-reactive ketones (excluding diaryl/α,β-unsaturated/α-hetero) is 1.